The zero-order chi connectivity index (χ0) is 16.1. The number of methoxy groups -OCH3 is 1. The molecule has 0 radical (unpaired) electrons. The molecule has 1 amide bonds. The van der Waals surface area contributed by atoms with Gasteiger partial charge >= 0.3 is 0 Å². The van der Waals surface area contributed by atoms with Gasteiger partial charge in [-0.3, -0.25) is 4.79 Å². The van der Waals surface area contributed by atoms with Gasteiger partial charge in [0.2, 0.25) is 0 Å². The Morgan fingerprint density at radius 2 is 1.87 bits per heavy atom. The van der Waals surface area contributed by atoms with E-state index in [9.17, 15) is 4.79 Å². The van der Waals surface area contributed by atoms with E-state index in [1.165, 1.54) is 12.7 Å². The first-order valence-electron chi connectivity index (χ1n) is 7.78. The molecule has 1 aliphatic rings. The molecule has 1 fully saturated rings. The molecule has 0 aliphatic carbocycles. The third kappa shape index (κ3) is 3.77. The minimum atomic E-state index is -0.240. The first kappa shape index (κ1) is 15.3. The van der Waals surface area contributed by atoms with Crippen molar-refractivity contribution >= 4 is 17.4 Å². The Balaban J connectivity index is 1.71. The van der Waals surface area contributed by atoms with Gasteiger partial charge < -0.3 is 15.0 Å². The number of anilines is 2. The Hall–Kier alpha value is -2.63. The van der Waals surface area contributed by atoms with Crippen LogP contribution in [-0.4, -0.2) is 36.1 Å². The van der Waals surface area contributed by atoms with Crippen LogP contribution in [0.5, 0.6) is 5.75 Å². The molecule has 2 aromatic rings. The molecular formula is C17H20N4O2. The van der Waals surface area contributed by atoms with Crippen LogP contribution in [0, 0.1) is 0 Å². The van der Waals surface area contributed by atoms with Gasteiger partial charge in [0.15, 0.2) is 0 Å². The van der Waals surface area contributed by atoms with E-state index in [1.807, 2.05) is 0 Å². The highest BCUT2D eigenvalue weighted by Gasteiger charge is 2.15. The van der Waals surface area contributed by atoms with Gasteiger partial charge in [-0.25, -0.2) is 9.97 Å². The molecule has 23 heavy (non-hydrogen) atoms. The third-order valence-corrected chi connectivity index (χ3v) is 3.91. The summed E-state index contributed by atoms with van der Waals surface area (Å²) in [5, 5.41) is 2.84. The van der Waals surface area contributed by atoms with E-state index in [0.29, 0.717) is 11.4 Å². The molecule has 6 heteroatoms. The lowest BCUT2D eigenvalue weighted by molar-refractivity contribution is 0.102. The topological polar surface area (TPSA) is 67.3 Å². The zero-order valence-corrected chi connectivity index (χ0v) is 13.2. The van der Waals surface area contributed by atoms with Gasteiger partial charge in [0.25, 0.3) is 5.91 Å². The number of hydrogen-bond donors (Lipinski definition) is 1. The third-order valence-electron chi connectivity index (χ3n) is 3.91. The van der Waals surface area contributed by atoms with Crippen LogP contribution in [0.3, 0.4) is 0 Å². The number of benzene rings is 1. The molecule has 1 N–H and O–H groups in total. The molecule has 0 unspecified atom stereocenters. The van der Waals surface area contributed by atoms with E-state index >= 15 is 0 Å². The molecule has 2 heterocycles. The fourth-order valence-electron chi connectivity index (χ4n) is 2.64. The van der Waals surface area contributed by atoms with E-state index in [2.05, 4.69) is 20.2 Å². The largest absolute Gasteiger partial charge is 0.497 e. The first-order valence-corrected chi connectivity index (χ1v) is 7.78. The SMILES string of the molecule is COc1ccc(NC(=O)c2cc(N3CCCCC3)ncn2)cc1. The fourth-order valence-corrected chi connectivity index (χ4v) is 2.64. The number of carbonyl (C=O) groups excluding carboxylic acids is 1. The highest BCUT2D eigenvalue weighted by Crippen LogP contribution is 2.19. The second-order valence-corrected chi connectivity index (χ2v) is 5.49. The predicted molar refractivity (Wildman–Crippen MR) is 89.0 cm³/mol. The molecule has 0 atom stereocenters. The van der Waals surface area contributed by atoms with Crippen LogP contribution >= 0.6 is 0 Å². The van der Waals surface area contributed by atoms with Crippen LogP contribution in [0.15, 0.2) is 36.7 Å². The number of piperidine rings is 1. The molecule has 1 aromatic heterocycles. The molecule has 1 saturated heterocycles. The lowest BCUT2D eigenvalue weighted by Crippen LogP contribution is -2.30. The van der Waals surface area contributed by atoms with Gasteiger partial charge in [-0.05, 0) is 43.5 Å². The van der Waals surface area contributed by atoms with Crippen molar-refractivity contribution in [3.05, 3.63) is 42.4 Å². The molecule has 0 saturated carbocycles. The molecule has 1 aliphatic heterocycles. The summed E-state index contributed by atoms with van der Waals surface area (Å²) in [6, 6.07) is 8.95. The van der Waals surface area contributed by atoms with Crippen LogP contribution in [0.2, 0.25) is 0 Å². The van der Waals surface area contributed by atoms with Crippen molar-refractivity contribution in [3.63, 3.8) is 0 Å². The number of amides is 1. The summed E-state index contributed by atoms with van der Waals surface area (Å²) in [5.41, 5.74) is 1.07. The molecule has 6 nitrogen and oxygen atoms in total. The number of ether oxygens (including phenoxy) is 1. The summed E-state index contributed by atoms with van der Waals surface area (Å²) in [5.74, 6) is 1.33. The van der Waals surface area contributed by atoms with E-state index < -0.39 is 0 Å². The predicted octanol–water partition coefficient (Wildman–Crippen LogP) is 2.73. The molecule has 0 bridgehead atoms. The summed E-state index contributed by atoms with van der Waals surface area (Å²) in [7, 11) is 1.61. The number of rotatable bonds is 4. The lowest BCUT2D eigenvalue weighted by Gasteiger charge is -2.27. The van der Waals surface area contributed by atoms with Crippen LogP contribution in [0.1, 0.15) is 29.8 Å². The first-order chi connectivity index (χ1) is 11.3. The van der Waals surface area contributed by atoms with Gasteiger partial charge in [-0.15, -0.1) is 0 Å². The maximum absolute atomic E-state index is 12.4. The van der Waals surface area contributed by atoms with Gasteiger partial charge in [0, 0.05) is 24.8 Å². The Labute approximate surface area is 135 Å². The van der Waals surface area contributed by atoms with Crippen molar-refractivity contribution in [3.8, 4) is 5.75 Å². The average Bonchev–Trinajstić information content (AvgIpc) is 2.63. The van der Waals surface area contributed by atoms with E-state index in [1.54, 1.807) is 37.4 Å². The monoisotopic (exact) mass is 312 g/mol. The minimum Gasteiger partial charge on any atom is -0.497 e. The van der Waals surface area contributed by atoms with Crippen molar-refractivity contribution in [2.45, 2.75) is 19.3 Å². The average molecular weight is 312 g/mol. The Bertz CT molecular complexity index is 667. The van der Waals surface area contributed by atoms with Crippen LogP contribution in [0.4, 0.5) is 11.5 Å². The number of nitrogens with one attached hydrogen (secondary N) is 1. The number of nitrogens with zero attached hydrogens (tertiary/aromatic N) is 3. The van der Waals surface area contributed by atoms with Gasteiger partial charge in [-0.1, -0.05) is 0 Å². The van der Waals surface area contributed by atoms with E-state index in [-0.39, 0.29) is 5.91 Å². The molecule has 1 aromatic carbocycles. The van der Waals surface area contributed by atoms with E-state index in [4.69, 9.17) is 4.74 Å². The summed E-state index contributed by atoms with van der Waals surface area (Å²) >= 11 is 0. The van der Waals surface area contributed by atoms with Crippen molar-refractivity contribution in [2.75, 3.05) is 30.4 Å². The highest BCUT2D eigenvalue weighted by molar-refractivity contribution is 6.03. The maximum atomic E-state index is 12.4. The van der Waals surface area contributed by atoms with Crippen molar-refractivity contribution in [1.29, 1.82) is 0 Å². The second kappa shape index (κ2) is 7.09. The minimum absolute atomic E-state index is 0.240. The quantitative estimate of drug-likeness (QED) is 0.940. The summed E-state index contributed by atoms with van der Waals surface area (Å²) in [6.45, 7) is 1.97. The Morgan fingerprint density at radius 1 is 1.13 bits per heavy atom. The van der Waals surface area contributed by atoms with E-state index in [0.717, 1.165) is 37.5 Å². The summed E-state index contributed by atoms with van der Waals surface area (Å²) < 4.78 is 5.10. The Kier molecular flexibility index (Phi) is 4.71. The summed E-state index contributed by atoms with van der Waals surface area (Å²) in [6.07, 6.45) is 5.04. The molecule has 0 spiro atoms. The van der Waals surface area contributed by atoms with Crippen molar-refractivity contribution in [2.24, 2.45) is 0 Å². The number of hydrogen-bond acceptors (Lipinski definition) is 5. The van der Waals surface area contributed by atoms with Crippen molar-refractivity contribution < 1.29 is 9.53 Å². The Morgan fingerprint density at radius 3 is 2.57 bits per heavy atom. The fraction of sp³-hybridized carbons (Fsp3) is 0.353. The smallest absolute Gasteiger partial charge is 0.274 e. The number of aromatic nitrogens is 2. The highest BCUT2D eigenvalue weighted by atomic mass is 16.5. The standard InChI is InChI=1S/C17H20N4O2/c1-23-14-7-5-13(6-8-14)20-17(22)15-11-16(19-12-18-15)21-9-3-2-4-10-21/h5-8,11-12H,2-4,9-10H2,1H3,(H,20,22). The van der Waals surface area contributed by atoms with Crippen LogP contribution in [0.25, 0.3) is 0 Å². The normalized spacial score (nSPS) is 14.4. The van der Waals surface area contributed by atoms with Gasteiger partial charge in [0.05, 0.1) is 7.11 Å². The summed E-state index contributed by atoms with van der Waals surface area (Å²) in [4.78, 5) is 22.9. The molecule has 120 valence electrons. The number of carbonyl (C=O) groups is 1. The molecular weight excluding hydrogens is 292 g/mol. The second-order valence-electron chi connectivity index (χ2n) is 5.49. The van der Waals surface area contributed by atoms with Crippen LogP contribution in [-0.2, 0) is 0 Å². The molecule has 3 rings (SSSR count). The zero-order valence-electron chi connectivity index (χ0n) is 13.2. The van der Waals surface area contributed by atoms with Crippen LogP contribution < -0.4 is 15.0 Å². The van der Waals surface area contributed by atoms with Gasteiger partial charge in [-0.2, -0.15) is 0 Å². The van der Waals surface area contributed by atoms with Crippen molar-refractivity contribution in [1.82, 2.24) is 9.97 Å². The maximum Gasteiger partial charge on any atom is 0.274 e. The lowest BCUT2D eigenvalue weighted by atomic mass is 10.1. The van der Waals surface area contributed by atoms with Gasteiger partial charge in [0.1, 0.15) is 23.6 Å².